The van der Waals surface area contributed by atoms with E-state index in [4.69, 9.17) is 0 Å². The molecule has 0 saturated heterocycles. The van der Waals surface area contributed by atoms with E-state index >= 15 is 0 Å². The Morgan fingerprint density at radius 2 is 2.17 bits per heavy atom. The molecule has 9 nitrogen and oxygen atoms in total. The molecule has 2 aromatic rings. The van der Waals surface area contributed by atoms with Gasteiger partial charge in [0.1, 0.15) is 12.2 Å². The molecule has 1 heterocycles. The third-order valence-electron chi connectivity index (χ3n) is 3.52. The summed E-state index contributed by atoms with van der Waals surface area (Å²) in [6, 6.07) is 6.65. The van der Waals surface area contributed by atoms with Crippen LogP contribution in [-0.2, 0) is 19.5 Å². The lowest BCUT2D eigenvalue weighted by Gasteiger charge is -2.12. The van der Waals surface area contributed by atoms with Crippen molar-refractivity contribution in [1.29, 1.82) is 0 Å². The number of nitro groups is 1. The van der Waals surface area contributed by atoms with E-state index in [0.717, 1.165) is 12.2 Å². The number of hydrogen-bond acceptors (Lipinski definition) is 5. The molecule has 0 aliphatic carbocycles. The Balaban J connectivity index is 1.86. The Bertz CT molecular complexity index is 711. The van der Waals surface area contributed by atoms with E-state index in [9.17, 15) is 10.1 Å². The maximum atomic E-state index is 11.0. The number of aryl methyl sites for hydroxylation is 1. The Morgan fingerprint density at radius 3 is 2.88 bits per heavy atom. The van der Waals surface area contributed by atoms with E-state index in [-0.39, 0.29) is 10.6 Å². The highest BCUT2D eigenvalue weighted by Crippen LogP contribution is 2.16. The summed E-state index contributed by atoms with van der Waals surface area (Å²) >= 11 is 0. The van der Waals surface area contributed by atoms with Gasteiger partial charge in [0.2, 0.25) is 0 Å². The molecule has 9 heteroatoms. The summed E-state index contributed by atoms with van der Waals surface area (Å²) in [6.07, 6.45) is 2.52. The minimum absolute atomic E-state index is 0.0949. The fraction of sp³-hybridized carbons (Fsp3) is 0.400. The van der Waals surface area contributed by atoms with Crippen LogP contribution in [0.4, 0.5) is 5.69 Å². The average molecular weight is 331 g/mol. The van der Waals surface area contributed by atoms with Gasteiger partial charge >= 0.3 is 0 Å². The quantitative estimate of drug-likeness (QED) is 0.340. The molecule has 2 rings (SSSR count). The van der Waals surface area contributed by atoms with E-state index in [2.05, 4.69) is 25.8 Å². The molecule has 0 fully saturated rings. The minimum atomic E-state index is -0.383. The van der Waals surface area contributed by atoms with Gasteiger partial charge in [-0.15, -0.1) is 10.2 Å². The predicted octanol–water partition coefficient (Wildman–Crippen LogP) is 1.11. The molecule has 0 radical (unpaired) electrons. The van der Waals surface area contributed by atoms with Crippen LogP contribution in [0.15, 0.2) is 35.6 Å². The van der Waals surface area contributed by atoms with Crippen molar-refractivity contribution in [3.63, 3.8) is 0 Å². The highest BCUT2D eigenvalue weighted by molar-refractivity contribution is 5.79. The molecule has 0 atom stereocenters. The average Bonchev–Trinajstić information content (AvgIpc) is 3.05. The summed E-state index contributed by atoms with van der Waals surface area (Å²) in [5, 5.41) is 25.2. The first-order chi connectivity index (χ1) is 11.7. The topological polar surface area (TPSA) is 110 Å². The van der Waals surface area contributed by atoms with Gasteiger partial charge in [0, 0.05) is 44.7 Å². The van der Waals surface area contributed by atoms with Crippen molar-refractivity contribution in [3.8, 4) is 0 Å². The van der Waals surface area contributed by atoms with Crippen molar-refractivity contribution in [2.75, 3.05) is 13.6 Å². The van der Waals surface area contributed by atoms with Crippen LogP contribution >= 0.6 is 0 Å². The van der Waals surface area contributed by atoms with Gasteiger partial charge in [-0.2, -0.15) is 0 Å². The molecule has 0 spiro atoms. The molecule has 1 aromatic heterocycles. The van der Waals surface area contributed by atoms with E-state index < -0.39 is 0 Å². The Kier molecular flexibility index (Phi) is 6.23. The molecule has 0 saturated carbocycles. The third-order valence-corrected chi connectivity index (χ3v) is 3.52. The summed E-state index contributed by atoms with van der Waals surface area (Å²) in [4.78, 5) is 14.8. The lowest BCUT2D eigenvalue weighted by atomic mass is 10.2. The fourth-order valence-electron chi connectivity index (χ4n) is 2.27. The van der Waals surface area contributed by atoms with Gasteiger partial charge in [0.25, 0.3) is 5.69 Å². The van der Waals surface area contributed by atoms with Gasteiger partial charge in [-0.3, -0.25) is 15.1 Å². The van der Waals surface area contributed by atoms with E-state index in [1.54, 1.807) is 31.6 Å². The van der Waals surface area contributed by atoms with Crippen LogP contribution in [0.3, 0.4) is 0 Å². The number of aromatic nitrogens is 3. The van der Waals surface area contributed by atoms with Gasteiger partial charge in [0.15, 0.2) is 5.96 Å². The maximum absolute atomic E-state index is 11.0. The number of aliphatic imine (C=N–C) groups is 1. The highest BCUT2D eigenvalue weighted by Gasteiger charge is 2.12. The maximum Gasteiger partial charge on any atom is 0.274 e. The zero-order valence-electron chi connectivity index (χ0n) is 13.8. The SMILES string of the molecule is CCc1nncn1CCNC(=NC)NCc1ccccc1[N+](=O)[O-]. The van der Waals surface area contributed by atoms with Gasteiger partial charge in [-0.25, -0.2) is 0 Å². The van der Waals surface area contributed by atoms with Crippen molar-refractivity contribution in [1.82, 2.24) is 25.4 Å². The highest BCUT2D eigenvalue weighted by atomic mass is 16.6. The summed E-state index contributed by atoms with van der Waals surface area (Å²) in [6.45, 7) is 3.70. The van der Waals surface area contributed by atoms with Gasteiger partial charge in [0.05, 0.1) is 4.92 Å². The van der Waals surface area contributed by atoms with Crippen LogP contribution in [0.5, 0.6) is 0 Å². The van der Waals surface area contributed by atoms with Crippen molar-refractivity contribution < 1.29 is 4.92 Å². The van der Waals surface area contributed by atoms with Gasteiger partial charge in [-0.05, 0) is 0 Å². The lowest BCUT2D eigenvalue weighted by molar-refractivity contribution is -0.385. The number of nitrogens with one attached hydrogen (secondary N) is 2. The third kappa shape index (κ3) is 4.51. The molecular weight excluding hydrogens is 310 g/mol. The standard InChI is InChI=1S/C15H21N7O2/c1-3-14-20-19-11-21(14)9-8-17-15(16-2)18-10-12-6-4-5-7-13(12)22(23)24/h4-7,11H,3,8-10H2,1-2H3,(H2,16,17,18). The number of hydrogen-bond donors (Lipinski definition) is 2. The van der Waals surface area contributed by atoms with Crippen LogP contribution in [0.1, 0.15) is 18.3 Å². The zero-order valence-corrected chi connectivity index (χ0v) is 13.8. The summed E-state index contributed by atoms with van der Waals surface area (Å²) < 4.78 is 1.97. The smallest absolute Gasteiger partial charge is 0.274 e. The van der Waals surface area contributed by atoms with Crippen LogP contribution in [0, 0.1) is 10.1 Å². The van der Waals surface area contributed by atoms with Crippen molar-refractivity contribution in [3.05, 3.63) is 52.1 Å². The number of para-hydroxylation sites is 1. The summed E-state index contributed by atoms with van der Waals surface area (Å²) in [7, 11) is 1.66. The second-order valence-corrected chi connectivity index (χ2v) is 5.03. The molecule has 0 unspecified atom stereocenters. The normalized spacial score (nSPS) is 11.3. The van der Waals surface area contributed by atoms with Gasteiger partial charge < -0.3 is 15.2 Å². The predicted molar refractivity (Wildman–Crippen MR) is 90.7 cm³/mol. The molecule has 1 aromatic carbocycles. The number of nitrogens with zero attached hydrogens (tertiary/aromatic N) is 5. The largest absolute Gasteiger partial charge is 0.355 e. The summed E-state index contributed by atoms with van der Waals surface area (Å²) in [5.74, 6) is 1.51. The lowest BCUT2D eigenvalue weighted by Crippen LogP contribution is -2.38. The zero-order chi connectivity index (χ0) is 17.4. The molecule has 128 valence electrons. The van der Waals surface area contributed by atoms with Gasteiger partial charge in [-0.1, -0.05) is 25.1 Å². The minimum Gasteiger partial charge on any atom is -0.355 e. The molecule has 0 aliphatic heterocycles. The van der Waals surface area contributed by atoms with Crippen LogP contribution < -0.4 is 10.6 Å². The van der Waals surface area contributed by atoms with Crippen LogP contribution in [0.2, 0.25) is 0 Å². The monoisotopic (exact) mass is 331 g/mol. The number of nitro benzene ring substituents is 1. The molecule has 24 heavy (non-hydrogen) atoms. The van der Waals surface area contributed by atoms with Crippen molar-refractivity contribution in [2.45, 2.75) is 26.4 Å². The van der Waals surface area contributed by atoms with E-state index in [0.29, 0.717) is 31.2 Å². The first kappa shape index (κ1) is 17.4. The fourth-order valence-corrected chi connectivity index (χ4v) is 2.27. The van der Waals surface area contributed by atoms with Crippen molar-refractivity contribution >= 4 is 11.6 Å². The molecule has 0 bridgehead atoms. The van der Waals surface area contributed by atoms with E-state index in [1.165, 1.54) is 6.07 Å². The van der Waals surface area contributed by atoms with Crippen LogP contribution in [-0.4, -0.2) is 39.2 Å². The Morgan fingerprint density at radius 1 is 1.38 bits per heavy atom. The summed E-state index contributed by atoms with van der Waals surface area (Å²) in [5.41, 5.74) is 0.704. The Hall–Kier alpha value is -2.97. The number of benzene rings is 1. The number of guanidine groups is 1. The molecule has 0 amide bonds. The molecule has 0 aliphatic rings. The van der Waals surface area contributed by atoms with E-state index in [1.807, 2.05) is 11.5 Å². The first-order valence-electron chi connectivity index (χ1n) is 7.69. The first-order valence-corrected chi connectivity index (χ1v) is 7.69. The second kappa shape index (κ2) is 8.61. The Labute approximate surface area is 140 Å². The second-order valence-electron chi connectivity index (χ2n) is 5.03. The molecule has 2 N–H and O–H groups in total. The van der Waals surface area contributed by atoms with Crippen molar-refractivity contribution in [2.24, 2.45) is 4.99 Å². The molecular formula is C15H21N7O2. The van der Waals surface area contributed by atoms with Crippen LogP contribution in [0.25, 0.3) is 0 Å². The number of rotatable bonds is 7.